The lowest BCUT2D eigenvalue weighted by Gasteiger charge is -2.10. The van der Waals surface area contributed by atoms with E-state index in [2.05, 4.69) is 6.07 Å². The molecule has 0 bridgehead atoms. The van der Waals surface area contributed by atoms with Crippen LogP contribution in [0.15, 0.2) is 18.2 Å². The minimum absolute atomic E-state index is 0.0671. The summed E-state index contributed by atoms with van der Waals surface area (Å²) in [4.78, 5) is 0. The first-order valence-corrected chi connectivity index (χ1v) is 7.45. The zero-order valence-electron chi connectivity index (χ0n) is 10.9. The Morgan fingerprint density at radius 1 is 1.12 bits per heavy atom. The van der Waals surface area contributed by atoms with Crippen LogP contribution in [0.1, 0.15) is 25.0 Å². The molecule has 0 aliphatic rings. The molecule has 0 fully saturated rings. The number of sulfone groups is 1. The number of hydrogen-bond donors (Lipinski definition) is 0. The number of benzene rings is 1. The molecular weight excluding hydrogens is 236 g/mol. The monoisotopic (exact) mass is 256 g/mol. The van der Waals surface area contributed by atoms with E-state index in [-0.39, 0.29) is 17.6 Å². The maximum Gasteiger partial charge on any atom is 0.155 e. The molecule has 0 aliphatic carbocycles. The molecule has 0 spiro atoms. The summed E-state index contributed by atoms with van der Waals surface area (Å²) in [6, 6.07) is 5.88. The Balaban J connectivity index is 2.57. The van der Waals surface area contributed by atoms with Crippen molar-refractivity contribution in [3.63, 3.8) is 0 Å². The molecule has 1 rings (SSSR count). The maximum atomic E-state index is 11.6. The Morgan fingerprint density at radius 3 is 2.12 bits per heavy atom. The SMILES string of the molecule is Cc1cc(C)cc(OCCS(=O)(=O)C(C)C)c1. The van der Waals surface area contributed by atoms with Crippen molar-refractivity contribution in [1.29, 1.82) is 0 Å². The van der Waals surface area contributed by atoms with E-state index in [1.165, 1.54) is 0 Å². The van der Waals surface area contributed by atoms with Crippen molar-refractivity contribution in [1.82, 2.24) is 0 Å². The van der Waals surface area contributed by atoms with Gasteiger partial charge in [-0.3, -0.25) is 0 Å². The van der Waals surface area contributed by atoms with Gasteiger partial charge in [-0.05, 0) is 51.0 Å². The van der Waals surface area contributed by atoms with Gasteiger partial charge in [-0.15, -0.1) is 0 Å². The molecule has 96 valence electrons. The third kappa shape index (κ3) is 4.38. The van der Waals surface area contributed by atoms with E-state index >= 15 is 0 Å². The van der Waals surface area contributed by atoms with Gasteiger partial charge in [-0.2, -0.15) is 0 Å². The molecule has 3 nitrogen and oxygen atoms in total. The minimum Gasteiger partial charge on any atom is -0.493 e. The number of rotatable bonds is 5. The lowest BCUT2D eigenvalue weighted by molar-refractivity contribution is 0.340. The first-order chi connectivity index (χ1) is 7.81. The largest absolute Gasteiger partial charge is 0.493 e. The van der Waals surface area contributed by atoms with Gasteiger partial charge >= 0.3 is 0 Å². The van der Waals surface area contributed by atoms with E-state index in [9.17, 15) is 8.42 Å². The Morgan fingerprint density at radius 2 is 1.65 bits per heavy atom. The smallest absolute Gasteiger partial charge is 0.155 e. The van der Waals surface area contributed by atoms with E-state index in [0.717, 1.165) is 16.9 Å². The second-order valence-electron chi connectivity index (χ2n) is 4.59. The number of hydrogen-bond acceptors (Lipinski definition) is 3. The van der Waals surface area contributed by atoms with Crippen LogP contribution >= 0.6 is 0 Å². The van der Waals surface area contributed by atoms with Crippen molar-refractivity contribution in [2.24, 2.45) is 0 Å². The molecule has 17 heavy (non-hydrogen) atoms. The van der Waals surface area contributed by atoms with Gasteiger partial charge in [0.2, 0.25) is 0 Å². The molecule has 0 aromatic heterocycles. The summed E-state index contributed by atoms with van der Waals surface area (Å²) in [7, 11) is -3.01. The summed E-state index contributed by atoms with van der Waals surface area (Å²) < 4.78 is 28.6. The van der Waals surface area contributed by atoms with Gasteiger partial charge in [0.15, 0.2) is 9.84 Å². The van der Waals surface area contributed by atoms with Crippen LogP contribution in [0.2, 0.25) is 0 Å². The second kappa shape index (κ2) is 5.54. The van der Waals surface area contributed by atoms with Gasteiger partial charge in [-0.25, -0.2) is 8.42 Å². The summed E-state index contributed by atoms with van der Waals surface area (Å²) in [6.45, 7) is 7.57. The Kier molecular flexibility index (Phi) is 4.57. The summed E-state index contributed by atoms with van der Waals surface area (Å²) >= 11 is 0. The standard InChI is InChI=1S/C13H20O3S/c1-10(2)17(14,15)6-5-16-13-8-11(3)7-12(4)9-13/h7-10H,5-6H2,1-4H3. The summed E-state index contributed by atoms with van der Waals surface area (Å²) in [5.41, 5.74) is 2.23. The highest BCUT2D eigenvalue weighted by Crippen LogP contribution is 2.16. The fourth-order valence-electron chi connectivity index (χ4n) is 1.53. The Bertz CT molecular complexity index is 455. The molecule has 0 saturated heterocycles. The van der Waals surface area contributed by atoms with Crippen molar-refractivity contribution in [2.45, 2.75) is 32.9 Å². The zero-order valence-corrected chi connectivity index (χ0v) is 11.7. The molecule has 0 N–H and O–H groups in total. The normalized spacial score (nSPS) is 11.8. The highest BCUT2D eigenvalue weighted by molar-refractivity contribution is 7.91. The molecule has 0 aliphatic heterocycles. The van der Waals surface area contributed by atoms with Crippen molar-refractivity contribution in [2.75, 3.05) is 12.4 Å². The highest BCUT2D eigenvalue weighted by atomic mass is 32.2. The number of ether oxygens (including phenoxy) is 1. The molecule has 0 radical (unpaired) electrons. The van der Waals surface area contributed by atoms with Crippen LogP contribution in [0.4, 0.5) is 0 Å². The van der Waals surface area contributed by atoms with Crippen LogP contribution in [0.3, 0.4) is 0 Å². The molecule has 1 aromatic carbocycles. The van der Waals surface area contributed by atoms with Gasteiger partial charge in [-0.1, -0.05) is 6.07 Å². The second-order valence-corrected chi connectivity index (χ2v) is 7.26. The first kappa shape index (κ1) is 14.0. The van der Waals surface area contributed by atoms with Crippen molar-refractivity contribution in [3.05, 3.63) is 29.3 Å². The lowest BCUT2D eigenvalue weighted by Crippen LogP contribution is -2.22. The van der Waals surface area contributed by atoms with Crippen LogP contribution in [0.5, 0.6) is 5.75 Å². The molecule has 0 atom stereocenters. The van der Waals surface area contributed by atoms with Crippen LogP contribution in [-0.4, -0.2) is 26.0 Å². The van der Waals surface area contributed by atoms with Crippen molar-refractivity contribution in [3.8, 4) is 5.75 Å². The Hall–Kier alpha value is -1.03. The zero-order chi connectivity index (χ0) is 13.1. The van der Waals surface area contributed by atoms with E-state index < -0.39 is 9.84 Å². The predicted molar refractivity (Wildman–Crippen MR) is 70.3 cm³/mol. The van der Waals surface area contributed by atoms with Crippen LogP contribution in [0.25, 0.3) is 0 Å². The molecule has 0 unspecified atom stereocenters. The third-order valence-electron chi connectivity index (χ3n) is 2.55. The molecule has 0 amide bonds. The predicted octanol–water partition coefficient (Wildman–Crippen LogP) is 2.51. The van der Waals surface area contributed by atoms with Gasteiger partial charge < -0.3 is 4.74 Å². The summed E-state index contributed by atoms with van der Waals surface area (Å²) in [6.07, 6.45) is 0. The van der Waals surface area contributed by atoms with E-state index in [1.807, 2.05) is 26.0 Å². The third-order valence-corrected chi connectivity index (χ3v) is 4.72. The van der Waals surface area contributed by atoms with E-state index in [4.69, 9.17) is 4.74 Å². The highest BCUT2D eigenvalue weighted by Gasteiger charge is 2.15. The van der Waals surface area contributed by atoms with Gasteiger partial charge in [0, 0.05) is 0 Å². The molecule has 4 heteroatoms. The van der Waals surface area contributed by atoms with Crippen molar-refractivity contribution < 1.29 is 13.2 Å². The van der Waals surface area contributed by atoms with Crippen LogP contribution in [-0.2, 0) is 9.84 Å². The molecule has 1 aromatic rings. The lowest BCUT2D eigenvalue weighted by atomic mass is 10.1. The molecule has 0 heterocycles. The van der Waals surface area contributed by atoms with Gasteiger partial charge in [0.25, 0.3) is 0 Å². The van der Waals surface area contributed by atoms with E-state index in [0.29, 0.717) is 0 Å². The van der Waals surface area contributed by atoms with Gasteiger partial charge in [0.1, 0.15) is 12.4 Å². The maximum absolute atomic E-state index is 11.6. The minimum atomic E-state index is -3.01. The fourth-order valence-corrected chi connectivity index (χ4v) is 2.31. The Labute approximate surface area is 104 Å². The quantitative estimate of drug-likeness (QED) is 0.813. The molecular formula is C13H20O3S. The van der Waals surface area contributed by atoms with Gasteiger partial charge in [0.05, 0.1) is 11.0 Å². The van der Waals surface area contributed by atoms with Crippen LogP contribution < -0.4 is 4.74 Å². The van der Waals surface area contributed by atoms with Crippen LogP contribution in [0, 0.1) is 13.8 Å². The number of aryl methyl sites for hydroxylation is 2. The molecule has 0 saturated carbocycles. The average molecular weight is 256 g/mol. The average Bonchev–Trinajstić information content (AvgIpc) is 2.15. The van der Waals surface area contributed by atoms with E-state index in [1.54, 1.807) is 13.8 Å². The first-order valence-electron chi connectivity index (χ1n) is 5.74. The fraction of sp³-hybridized carbons (Fsp3) is 0.538. The summed E-state index contributed by atoms with van der Waals surface area (Å²) in [5.74, 6) is 0.805. The summed E-state index contributed by atoms with van der Waals surface area (Å²) in [5, 5.41) is -0.342. The topological polar surface area (TPSA) is 43.4 Å². The van der Waals surface area contributed by atoms with Crippen molar-refractivity contribution >= 4 is 9.84 Å².